The summed E-state index contributed by atoms with van der Waals surface area (Å²) in [6, 6.07) is 4.73. The van der Waals surface area contributed by atoms with E-state index >= 15 is 0 Å². The van der Waals surface area contributed by atoms with Gasteiger partial charge in [-0.3, -0.25) is 9.52 Å². The standard InChI is InChI=1S/C11H8FIN2O3S/c12-7-1-2-9(8(13)5-7)15-19(17,18)11-6-14-4-3-10(11)16/h1-6,15H,(H,14,16). The molecule has 0 spiro atoms. The van der Waals surface area contributed by atoms with Crippen molar-refractivity contribution in [3.8, 4) is 0 Å². The van der Waals surface area contributed by atoms with Gasteiger partial charge >= 0.3 is 0 Å². The molecule has 100 valence electrons. The molecule has 0 saturated carbocycles. The highest BCUT2D eigenvalue weighted by molar-refractivity contribution is 14.1. The summed E-state index contributed by atoms with van der Waals surface area (Å²) in [5.74, 6) is -0.468. The van der Waals surface area contributed by atoms with Gasteiger partial charge < -0.3 is 4.98 Å². The van der Waals surface area contributed by atoms with Gasteiger partial charge in [0.2, 0.25) is 5.43 Å². The molecule has 2 N–H and O–H groups in total. The number of nitrogens with one attached hydrogen (secondary N) is 2. The first-order valence-electron chi connectivity index (χ1n) is 5.05. The summed E-state index contributed by atoms with van der Waals surface area (Å²) in [5.41, 5.74) is -0.409. The van der Waals surface area contributed by atoms with E-state index in [0.29, 0.717) is 3.57 Å². The Hall–Kier alpha value is -1.42. The molecule has 2 rings (SSSR count). The van der Waals surface area contributed by atoms with E-state index in [1.165, 1.54) is 18.3 Å². The van der Waals surface area contributed by atoms with Gasteiger partial charge in [-0.15, -0.1) is 0 Å². The van der Waals surface area contributed by atoms with Gasteiger partial charge in [-0.05, 0) is 40.8 Å². The third kappa shape index (κ3) is 3.13. The van der Waals surface area contributed by atoms with Gasteiger partial charge in [0.1, 0.15) is 5.82 Å². The van der Waals surface area contributed by atoms with Crippen LogP contribution in [0.3, 0.4) is 0 Å². The van der Waals surface area contributed by atoms with Gasteiger partial charge in [0.25, 0.3) is 10.0 Å². The van der Waals surface area contributed by atoms with Gasteiger partial charge in [-0.1, -0.05) is 0 Å². The molecule has 2 aromatic rings. The monoisotopic (exact) mass is 394 g/mol. The Morgan fingerprint density at radius 3 is 2.63 bits per heavy atom. The quantitative estimate of drug-likeness (QED) is 0.781. The number of hydrogen-bond acceptors (Lipinski definition) is 3. The predicted octanol–water partition coefficient (Wildman–Crippen LogP) is 1.92. The largest absolute Gasteiger partial charge is 0.366 e. The van der Waals surface area contributed by atoms with E-state index in [9.17, 15) is 17.6 Å². The summed E-state index contributed by atoms with van der Waals surface area (Å²) in [5, 5.41) is 0. The molecule has 0 aliphatic heterocycles. The number of rotatable bonds is 3. The van der Waals surface area contributed by atoms with E-state index < -0.39 is 26.2 Å². The summed E-state index contributed by atoms with van der Waals surface area (Å²) < 4.78 is 39.6. The molecule has 0 radical (unpaired) electrons. The van der Waals surface area contributed by atoms with Gasteiger partial charge in [-0.2, -0.15) is 0 Å². The topological polar surface area (TPSA) is 79.0 Å². The highest BCUT2D eigenvalue weighted by Gasteiger charge is 2.18. The van der Waals surface area contributed by atoms with Crippen LogP contribution in [0.4, 0.5) is 10.1 Å². The maximum absolute atomic E-state index is 12.9. The molecule has 0 fully saturated rings. The number of sulfonamides is 1. The van der Waals surface area contributed by atoms with Crippen LogP contribution in [0, 0.1) is 9.39 Å². The van der Waals surface area contributed by atoms with Crippen LogP contribution in [0.5, 0.6) is 0 Å². The van der Waals surface area contributed by atoms with Gasteiger partial charge in [0, 0.05) is 22.0 Å². The minimum absolute atomic E-state index is 0.213. The average molecular weight is 394 g/mol. The zero-order valence-corrected chi connectivity index (χ0v) is 12.3. The molecule has 1 aromatic heterocycles. The second kappa shape index (κ2) is 5.29. The molecule has 5 nitrogen and oxygen atoms in total. The fourth-order valence-electron chi connectivity index (χ4n) is 1.38. The molecule has 0 unspecified atom stereocenters. The lowest BCUT2D eigenvalue weighted by atomic mass is 10.3. The third-order valence-electron chi connectivity index (χ3n) is 2.25. The number of benzene rings is 1. The van der Waals surface area contributed by atoms with E-state index in [-0.39, 0.29) is 5.69 Å². The molecule has 19 heavy (non-hydrogen) atoms. The summed E-state index contributed by atoms with van der Waals surface area (Å²) in [4.78, 5) is 13.6. The molecular weight excluding hydrogens is 386 g/mol. The normalized spacial score (nSPS) is 11.3. The summed E-state index contributed by atoms with van der Waals surface area (Å²) in [7, 11) is -4.00. The SMILES string of the molecule is O=c1cc[nH]cc1S(=O)(=O)Nc1ccc(F)cc1I. The van der Waals surface area contributed by atoms with Crippen molar-refractivity contribution < 1.29 is 12.8 Å². The minimum Gasteiger partial charge on any atom is -0.366 e. The van der Waals surface area contributed by atoms with Crippen LogP contribution in [0.25, 0.3) is 0 Å². The molecule has 0 saturated heterocycles. The Balaban J connectivity index is 2.43. The van der Waals surface area contributed by atoms with Crippen molar-refractivity contribution in [3.05, 3.63) is 56.3 Å². The number of hydrogen-bond donors (Lipinski definition) is 2. The van der Waals surface area contributed by atoms with Crippen molar-refractivity contribution in [2.24, 2.45) is 0 Å². The Labute approximate surface area is 122 Å². The molecule has 8 heteroatoms. The highest BCUT2D eigenvalue weighted by Crippen LogP contribution is 2.21. The van der Waals surface area contributed by atoms with Crippen molar-refractivity contribution >= 4 is 38.3 Å². The second-order valence-corrected chi connectivity index (χ2v) is 6.42. The first-order chi connectivity index (χ1) is 8.90. The van der Waals surface area contributed by atoms with Gasteiger partial charge in [-0.25, -0.2) is 12.8 Å². The highest BCUT2D eigenvalue weighted by atomic mass is 127. The van der Waals surface area contributed by atoms with E-state index in [4.69, 9.17) is 0 Å². The molecule has 1 aromatic carbocycles. The van der Waals surface area contributed by atoms with Crippen LogP contribution >= 0.6 is 22.6 Å². The Morgan fingerprint density at radius 2 is 2.00 bits per heavy atom. The smallest absolute Gasteiger partial charge is 0.267 e. The molecule has 1 heterocycles. The predicted molar refractivity (Wildman–Crippen MR) is 77.0 cm³/mol. The van der Waals surface area contributed by atoms with E-state index in [0.717, 1.165) is 18.3 Å². The zero-order chi connectivity index (χ0) is 14.0. The fourth-order valence-corrected chi connectivity index (χ4v) is 3.31. The Morgan fingerprint density at radius 1 is 1.26 bits per heavy atom. The number of aromatic nitrogens is 1. The van der Waals surface area contributed by atoms with Crippen LogP contribution in [0.1, 0.15) is 0 Å². The lowest BCUT2D eigenvalue weighted by Crippen LogP contribution is -2.21. The lowest BCUT2D eigenvalue weighted by molar-refractivity contribution is 0.599. The Bertz CT molecular complexity index is 774. The number of H-pyrrole nitrogens is 1. The molecule has 0 aliphatic rings. The van der Waals surface area contributed by atoms with Crippen LogP contribution in [-0.4, -0.2) is 13.4 Å². The summed E-state index contributed by atoms with van der Waals surface area (Å²) in [6.07, 6.45) is 2.43. The van der Waals surface area contributed by atoms with Crippen molar-refractivity contribution in [1.29, 1.82) is 0 Å². The minimum atomic E-state index is -4.00. The van der Waals surface area contributed by atoms with E-state index in [1.807, 2.05) is 0 Å². The summed E-state index contributed by atoms with van der Waals surface area (Å²) >= 11 is 1.80. The fraction of sp³-hybridized carbons (Fsp3) is 0. The Kier molecular flexibility index (Phi) is 3.90. The van der Waals surface area contributed by atoms with Crippen molar-refractivity contribution in [2.75, 3.05) is 4.72 Å². The maximum Gasteiger partial charge on any atom is 0.267 e. The molecule has 0 amide bonds. The third-order valence-corrected chi connectivity index (χ3v) is 4.53. The van der Waals surface area contributed by atoms with Crippen molar-refractivity contribution in [1.82, 2.24) is 4.98 Å². The van der Waals surface area contributed by atoms with Gasteiger partial charge in [0.05, 0.1) is 5.69 Å². The molecule has 0 atom stereocenters. The number of pyridine rings is 1. The average Bonchev–Trinajstić information content (AvgIpc) is 2.33. The van der Waals surface area contributed by atoms with Crippen LogP contribution in [-0.2, 0) is 10.0 Å². The molecule has 0 bridgehead atoms. The zero-order valence-electron chi connectivity index (χ0n) is 9.35. The number of aromatic amines is 1. The first-order valence-corrected chi connectivity index (χ1v) is 7.61. The first kappa shape index (κ1) is 14.0. The second-order valence-electron chi connectivity index (χ2n) is 3.60. The van der Waals surface area contributed by atoms with Crippen molar-refractivity contribution in [3.63, 3.8) is 0 Å². The number of halogens is 2. The van der Waals surface area contributed by atoms with Crippen LogP contribution in [0.2, 0.25) is 0 Å². The van der Waals surface area contributed by atoms with Crippen molar-refractivity contribution in [2.45, 2.75) is 4.90 Å². The molecular formula is C11H8FIN2O3S. The van der Waals surface area contributed by atoms with E-state index in [1.54, 1.807) is 22.6 Å². The van der Waals surface area contributed by atoms with Crippen LogP contribution < -0.4 is 10.2 Å². The maximum atomic E-state index is 12.9. The van der Waals surface area contributed by atoms with Crippen LogP contribution in [0.15, 0.2) is 46.3 Å². The lowest BCUT2D eigenvalue weighted by Gasteiger charge is -2.09. The number of anilines is 1. The van der Waals surface area contributed by atoms with Gasteiger partial charge in [0.15, 0.2) is 4.90 Å². The van der Waals surface area contributed by atoms with E-state index in [2.05, 4.69) is 9.71 Å². The molecule has 0 aliphatic carbocycles. The summed E-state index contributed by atoms with van der Waals surface area (Å²) in [6.45, 7) is 0.